The topological polar surface area (TPSA) is 75.3 Å². The summed E-state index contributed by atoms with van der Waals surface area (Å²) in [5.74, 6) is 0.645. The summed E-state index contributed by atoms with van der Waals surface area (Å²) in [6.07, 6.45) is 3.63. The Morgan fingerprint density at radius 2 is 0.700 bits per heavy atom. The molecule has 0 spiro atoms. The van der Waals surface area contributed by atoms with E-state index in [1.54, 1.807) is 0 Å². The minimum atomic E-state index is 0.645. The van der Waals surface area contributed by atoms with Crippen LogP contribution in [0.3, 0.4) is 0 Å². The number of fused-ring (bicyclic) bond motifs is 3. The third-order valence-corrected chi connectivity index (χ3v) is 11.5. The van der Waals surface area contributed by atoms with Gasteiger partial charge >= 0.3 is 0 Å². The fourth-order valence-corrected chi connectivity index (χ4v) is 8.46. The molecule has 0 bridgehead atoms. The lowest BCUT2D eigenvalue weighted by Gasteiger charge is -2.15. The molecule has 5 heteroatoms. The third-order valence-electron chi connectivity index (χ3n) is 11.5. The summed E-state index contributed by atoms with van der Waals surface area (Å²) < 4.78 is 0. The molecule has 60 heavy (non-hydrogen) atoms. The van der Waals surface area contributed by atoms with E-state index >= 15 is 0 Å². The molecule has 0 fully saturated rings. The Hall–Kier alpha value is -8.33. The van der Waals surface area contributed by atoms with Crippen LogP contribution >= 0.6 is 0 Å². The molecule has 1 aliphatic rings. The first kappa shape index (κ1) is 34.9. The highest BCUT2D eigenvalue weighted by Crippen LogP contribution is 2.52. The summed E-state index contributed by atoms with van der Waals surface area (Å²) in [5, 5.41) is 12.0. The lowest BCUT2D eigenvalue weighted by molar-refractivity contribution is 1.18. The van der Waals surface area contributed by atoms with Crippen molar-refractivity contribution >= 4 is 10.8 Å². The maximum absolute atomic E-state index is 9.53. The number of benzene rings is 7. The Balaban J connectivity index is 1.02. The van der Waals surface area contributed by atoms with E-state index in [2.05, 4.69) is 156 Å². The second-order valence-corrected chi connectivity index (χ2v) is 14.9. The van der Waals surface area contributed by atoms with Crippen molar-refractivity contribution in [2.24, 2.45) is 0 Å². The van der Waals surface area contributed by atoms with Crippen molar-refractivity contribution in [3.05, 3.63) is 206 Å². The summed E-state index contributed by atoms with van der Waals surface area (Å²) in [4.78, 5) is 19.4. The zero-order valence-electron chi connectivity index (χ0n) is 32.3. The molecule has 5 nitrogen and oxygen atoms in total. The maximum atomic E-state index is 9.53. The van der Waals surface area contributed by atoms with Gasteiger partial charge in [-0.2, -0.15) is 5.26 Å². The van der Waals surface area contributed by atoms with E-state index in [0.717, 1.165) is 72.8 Å². The number of rotatable bonds is 7. The Bertz CT molecular complexity index is 3130. The van der Waals surface area contributed by atoms with Crippen LogP contribution in [0.4, 0.5) is 0 Å². The molecule has 0 aliphatic heterocycles. The van der Waals surface area contributed by atoms with Gasteiger partial charge in [0, 0.05) is 40.2 Å². The number of nitriles is 1. The van der Waals surface area contributed by atoms with E-state index < -0.39 is 0 Å². The molecule has 3 heterocycles. The van der Waals surface area contributed by atoms with Crippen LogP contribution in [0.15, 0.2) is 200 Å². The van der Waals surface area contributed by atoms with Crippen LogP contribution in [0.25, 0.3) is 112 Å². The van der Waals surface area contributed by atoms with Gasteiger partial charge in [0.2, 0.25) is 0 Å². The number of pyridine rings is 2. The Morgan fingerprint density at radius 3 is 1.15 bits per heavy atom. The van der Waals surface area contributed by atoms with Gasteiger partial charge < -0.3 is 0 Å². The minimum absolute atomic E-state index is 0.645. The average molecular weight is 764 g/mol. The van der Waals surface area contributed by atoms with Gasteiger partial charge in [0.05, 0.1) is 34.4 Å². The Kier molecular flexibility index (Phi) is 8.46. The first-order valence-corrected chi connectivity index (χ1v) is 19.9. The molecular weight excluding hydrogens is 731 g/mol. The van der Waals surface area contributed by atoms with Crippen molar-refractivity contribution in [2.75, 3.05) is 0 Å². The number of nitrogens with zero attached hydrogens (tertiary/aromatic N) is 5. The van der Waals surface area contributed by atoms with E-state index in [1.165, 1.54) is 33.0 Å². The highest BCUT2D eigenvalue weighted by atomic mass is 14.9. The van der Waals surface area contributed by atoms with Gasteiger partial charge in [-0.1, -0.05) is 146 Å². The normalized spacial score (nSPS) is 11.3. The predicted octanol–water partition coefficient (Wildman–Crippen LogP) is 13.6. The van der Waals surface area contributed by atoms with Crippen LogP contribution < -0.4 is 0 Å². The molecule has 10 aromatic rings. The summed E-state index contributed by atoms with van der Waals surface area (Å²) in [7, 11) is 0. The van der Waals surface area contributed by atoms with E-state index in [0.29, 0.717) is 11.4 Å². The lowest BCUT2D eigenvalue weighted by Crippen LogP contribution is -1.96. The van der Waals surface area contributed by atoms with Crippen molar-refractivity contribution < 1.29 is 0 Å². The van der Waals surface area contributed by atoms with Gasteiger partial charge in [-0.05, 0) is 97.7 Å². The number of hydrogen-bond acceptors (Lipinski definition) is 5. The van der Waals surface area contributed by atoms with Crippen molar-refractivity contribution in [1.82, 2.24) is 19.9 Å². The molecule has 0 unspecified atom stereocenters. The van der Waals surface area contributed by atoms with Gasteiger partial charge in [0.25, 0.3) is 0 Å². The SMILES string of the molecule is N#Cc1ccc(-c2ccc3c4c(ccc(-c5ccc(-c6cc(-c7ccc(-c8ccccn8)cc7)nc(-c7ccc(-c8ccccn8)cc7)n6)cc5)c24)-c2ccccc2-3)cc1. The minimum Gasteiger partial charge on any atom is -0.256 e. The molecule has 0 amide bonds. The molecule has 0 saturated carbocycles. The van der Waals surface area contributed by atoms with Crippen LogP contribution in [0.1, 0.15) is 5.56 Å². The first-order valence-electron chi connectivity index (χ1n) is 19.9. The molecule has 278 valence electrons. The van der Waals surface area contributed by atoms with E-state index in [9.17, 15) is 5.26 Å². The van der Waals surface area contributed by atoms with E-state index in [-0.39, 0.29) is 0 Å². The van der Waals surface area contributed by atoms with Crippen molar-refractivity contribution in [2.45, 2.75) is 0 Å². The standard InChI is InChI=1S/C55H33N5/c56-34-35-11-13-36(14-12-35)43-27-29-47-45-7-1-2-8-46(45)48-30-28-44(53(43)54(47)48)37-15-17-40(18-16-37)51-33-52(41-21-19-38(20-22-41)49-9-3-5-31-57-49)60-55(59-51)42-25-23-39(24-26-42)50-10-4-6-32-58-50/h1-33H. The second kappa shape index (κ2) is 14.6. The van der Waals surface area contributed by atoms with Crippen LogP contribution in [0, 0.1) is 11.3 Å². The van der Waals surface area contributed by atoms with Gasteiger partial charge in [-0.3, -0.25) is 9.97 Å². The third kappa shape index (κ3) is 6.12. The molecule has 1 aliphatic carbocycles. The van der Waals surface area contributed by atoms with Gasteiger partial charge in [-0.25, -0.2) is 9.97 Å². The summed E-state index contributed by atoms with van der Waals surface area (Å²) in [5.41, 5.74) is 18.6. The quantitative estimate of drug-likeness (QED) is 0.162. The monoisotopic (exact) mass is 763 g/mol. The van der Waals surface area contributed by atoms with Gasteiger partial charge in [-0.15, -0.1) is 0 Å². The smallest absolute Gasteiger partial charge is 0.160 e. The Morgan fingerprint density at radius 1 is 0.317 bits per heavy atom. The highest BCUT2D eigenvalue weighted by molar-refractivity contribution is 6.22. The fourth-order valence-electron chi connectivity index (χ4n) is 8.46. The molecule has 0 radical (unpaired) electrons. The largest absolute Gasteiger partial charge is 0.256 e. The van der Waals surface area contributed by atoms with Gasteiger partial charge in [0.1, 0.15) is 0 Å². The fraction of sp³-hybridized carbons (Fsp3) is 0. The van der Waals surface area contributed by atoms with E-state index in [4.69, 9.17) is 9.97 Å². The van der Waals surface area contributed by atoms with E-state index in [1.807, 2.05) is 60.9 Å². The molecular formula is C55H33N5. The van der Waals surface area contributed by atoms with Crippen LogP contribution in [-0.4, -0.2) is 19.9 Å². The van der Waals surface area contributed by atoms with Crippen molar-refractivity contribution in [3.8, 4) is 107 Å². The first-order chi connectivity index (χ1) is 29.7. The molecule has 7 aromatic carbocycles. The van der Waals surface area contributed by atoms with Gasteiger partial charge in [0.15, 0.2) is 5.82 Å². The summed E-state index contributed by atoms with van der Waals surface area (Å²) in [6, 6.07) is 67.2. The van der Waals surface area contributed by atoms with Crippen LogP contribution in [-0.2, 0) is 0 Å². The lowest BCUT2D eigenvalue weighted by atomic mass is 9.88. The molecule has 3 aromatic heterocycles. The van der Waals surface area contributed by atoms with Crippen LogP contribution in [0.2, 0.25) is 0 Å². The average Bonchev–Trinajstić information content (AvgIpc) is 3.66. The molecule has 0 N–H and O–H groups in total. The molecule has 0 saturated heterocycles. The predicted molar refractivity (Wildman–Crippen MR) is 242 cm³/mol. The molecule has 11 rings (SSSR count). The Labute approximate surface area is 347 Å². The maximum Gasteiger partial charge on any atom is 0.160 e. The number of hydrogen-bond donors (Lipinski definition) is 0. The zero-order valence-corrected chi connectivity index (χ0v) is 32.3. The molecule has 0 atom stereocenters. The van der Waals surface area contributed by atoms with Crippen molar-refractivity contribution in [3.63, 3.8) is 0 Å². The number of aromatic nitrogens is 4. The summed E-state index contributed by atoms with van der Waals surface area (Å²) in [6.45, 7) is 0. The van der Waals surface area contributed by atoms with Crippen molar-refractivity contribution in [1.29, 1.82) is 5.26 Å². The zero-order chi connectivity index (χ0) is 40.0. The summed E-state index contributed by atoms with van der Waals surface area (Å²) >= 11 is 0. The highest BCUT2D eigenvalue weighted by Gasteiger charge is 2.25. The van der Waals surface area contributed by atoms with Crippen LogP contribution in [0.5, 0.6) is 0 Å². The second-order valence-electron chi connectivity index (χ2n) is 14.9.